The molecule has 0 amide bonds. The fourth-order valence-electron chi connectivity index (χ4n) is 2.35. The molecule has 0 saturated heterocycles. The van der Waals surface area contributed by atoms with Gasteiger partial charge in [-0.15, -0.1) is 11.3 Å². The van der Waals surface area contributed by atoms with E-state index in [0.29, 0.717) is 11.3 Å². The van der Waals surface area contributed by atoms with Crippen LogP contribution in [0.25, 0.3) is 0 Å². The number of halogens is 1. The van der Waals surface area contributed by atoms with E-state index in [1.165, 1.54) is 18.4 Å². The van der Waals surface area contributed by atoms with Crippen molar-refractivity contribution >= 4 is 33.2 Å². The predicted molar refractivity (Wildman–Crippen MR) is 86.8 cm³/mol. The standard InChI is InChI=1S/C15H15BrN2O3S/c1-4-10-9(16)5-11(22-10)13-8(6-17)14(18)21-7(2)12(13)15(19)20-3/h5,13H,4,18H2,1-3H3/t13-/m1/s1. The van der Waals surface area contributed by atoms with Gasteiger partial charge in [-0.25, -0.2) is 4.79 Å². The molecular formula is C15H15BrN2O3S. The number of ether oxygens (including phenoxy) is 2. The van der Waals surface area contributed by atoms with Gasteiger partial charge in [0.25, 0.3) is 0 Å². The highest BCUT2D eigenvalue weighted by Gasteiger charge is 2.37. The second-order valence-electron chi connectivity index (χ2n) is 4.66. The van der Waals surface area contributed by atoms with Crippen molar-refractivity contribution in [2.24, 2.45) is 5.73 Å². The van der Waals surface area contributed by atoms with Crippen LogP contribution in [0, 0.1) is 11.3 Å². The highest BCUT2D eigenvalue weighted by atomic mass is 79.9. The molecule has 0 unspecified atom stereocenters. The van der Waals surface area contributed by atoms with Gasteiger partial charge >= 0.3 is 5.97 Å². The van der Waals surface area contributed by atoms with Crippen molar-refractivity contribution in [3.63, 3.8) is 0 Å². The van der Waals surface area contributed by atoms with E-state index in [9.17, 15) is 10.1 Å². The van der Waals surface area contributed by atoms with E-state index < -0.39 is 11.9 Å². The zero-order chi connectivity index (χ0) is 16.4. The normalized spacial score (nSPS) is 18.0. The van der Waals surface area contributed by atoms with Crippen molar-refractivity contribution in [3.8, 4) is 6.07 Å². The lowest BCUT2D eigenvalue weighted by atomic mass is 9.87. The number of rotatable bonds is 3. The molecule has 0 aliphatic carbocycles. The fourth-order valence-corrected chi connectivity index (χ4v) is 4.39. The molecule has 2 N–H and O–H groups in total. The first-order chi connectivity index (χ1) is 10.4. The number of carbonyl (C=O) groups excluding carboxylic acids is 1. The molecule has 1 aromatic heterocycles. The fraction of sp³-hybridized carbons (Fsp3) is 0.333. The summed E-state index contributed by atoms with van der Waals surface area (Å²) < 4.78 is 11.2. The highest BCUT2D eigenvalue weighted by Crippen LogP contribution is 2.44. The summed E-state index contributed by atoms with van der Waals surface area (Å²) in [6.07, 6.45) is 0.853. The van der Waals surface area contributed by atoms with Crippen molar-refractivity contribution in [2.75, 3.05) is 7.11 Å². The summed E-state index contributed by atoms with van der Waals surface area (Å²) in [6.45, 7) is 3.69. The van der Waals surface area contributed by atoms with Crippen LogP contribution in [0.5, 0.6) is 0 Å². The molecule has 116 valence electrons. The van der Waals surface area contributed by atoms with Crippen molar-refractivity contribution < 1.29 is 14.3 Å². The molecule has 1 aliphatic heterocycles. The first-order valence-corrected chi connectivity index (χ1v) is 8.20. The third kappa shape index (κ3) is 2.76. The van der Waals surface area contributed by atoms with Crippen LogP contribution in [0.3, 0.4) is 0 Å². The van der Waals surface area contributed by atoms with Crippen molar-refractivity contribution in [2.45, 2.75) is 26.2 Å². The molecule has 2 rings (SSSR count). The van der Waals surface area contributed by atoms with E-state index in [0.717, 1.165) is 20.6 Å². The summed E-state index contributed by atoms with van der Waals surface area (Å²) in [5.74, 6) is -0.700. The molecular weight excluding hydrogens is 368 g/mol. The Labute approximate surface area is 141 Å². The summed E-state index contributed by atoms with van der Waals surface area (Å²) in [7, 11) is 1.30. The van der Waals surface area contributed by atoms with Gasteiger partial charge in [-0.05, 0) is 35.3 Å². The van der Waals surface area contributed by atoms with E-state index >= 15 is 0 Å². The summed E-state index contributed by atoms with van der Waals surface area (Å²) in [6, 6.07) is 3.97. The van der Waals surface area contributed by atoms with Crippen LogP contribution in [0.1, 0.15) is 29.5 Å². The summed E-state index contributed by atoms with van der Waals surface area (Å²) in [5, 5.41) is 9.44. The van der Waals surface area contributed by atoms with Gasteiger partial charge in [0.05, 0.1) is 18.6 Å². The molecule has 1 atom stereocenters. The molecule has 0 bridgehead atoms. The predicted octanol–water partition coefficient (Wildman–Crippen LogP) is 3.33. The molecule has 22 heavy (non-hydrogen) atoms. The van der Waals surface area contributed by atoms with Crippen LogP contribution in [0.15, 0.2) is 33.3 Å². The highest BCUT2D eigenvalue weighted by molar-refractivity contribution is 9.10. The Bertz CT molecular complexity index is 728. The number of esters is 1. The Morgan fingerprint density at radius 1 is 1.64 bits per heavy atom. The number of aryl methyl sites for hydroxylation is 1. The minimum absolute atomic E-state index is 0.0280. The van der Waals surface area contributed by atoms with Gasteiger partial charge in [0.1, 0.15) is 17.4 Å². The zero-order valence-electron chi connectivity index (χ0n) is 12.4. The SMILES string of the molecule is CCc1sc([C@H]2C(C#N)=C(N)OC(C)=C2C(=O)OC)cc1Br. The molecule has 0 aromatic carbocycles. The lowest BCUT2D eigenvalue weighted by Gasteiger charge is -2.25. The first-order valence-electron chi connectivity index (χ1n) is 6.59. The average Bonchev–Trinajstić information content (AvgIpc) is 2.86. The number of hydrogen-bond acceptors (Lipinski definition) is 6. The van der Waals surface area contributed by atoms with Gasteiger partial charge in [-0.1, -0.05) is 6.92 Å². The molecule has 0 spiro atoms. The van der Waals surface area contributed by atoms with E-state index in [-0.39, 0.29) is 11.5 Å². The number of thiophene rings is 1. The Morgan fingerprint density at radius 2 is 2.32 bits per heavy atom. The quantitative estimate of drug-likeness (QED) is 0.810. The third-order valence-corrected chi connectivity index (χ3v) is 5.71. The lowest BCUT2D eigenvalue weighted by molar-refractivity contribution is -0.136. The zero-order valence-corrected chi connectivity index (χ0v) is 14.8. The van der Waals surface area contributed by atoms with E-state index in [4.69, 9.17) is 15.2 Å². The molecule has 0 radical (unpaired) electrons. The van der Waals surface area contributed by atoms with Crippen LogP contribution in [-0.2, 0) is 20.7 Å². The van der Waals surface area contributed by atoms with Gasteiger partial charge in [-0.2, -0.15) is 5.26 Å². The average molecular weight is 383 g/mol. The van der Waals surface area contributed by atoms with Crippen molar-refractivity contribution in [1.29, 1.82) is 5.26 Å². The van der Waals surface area contributed by atoms with Crippen LogP contribution in [0.4, 0.5) is 0 Å². The van der Waals surface area contributed by atoms with Crippen molar-refractivity contribution in [3.05, 3.63) is 43.1 Å². The number of hydrogen-bond donors (Lipinski definition) is 1. The second-order valence-corrected chi connectivity index (χ2v) is 6.68. The Kier molecular flexibility index (Phi) is 4.94. The Balaban J connectivity index is 2.65. The number of nitriles is 1. The molecule has 5 nitrogen and oxygen atoms in total. The molecule has 0 saturated carbocycles. The lowest BCUT2D eigenvalue weighted by Crippen LogP contribution is -2.24. The third-order valence-electron chi connectivity index (χ3n) is 3.39. The van der Waals surface area contributed by atoms with Crippen LogP contribution < -0.4 is 5.73 Å². The maximum absolute atomic E-state index is 12.2. The largest absolute Gasteiger partial charge is 0.466 e. The number of methoxy groups -OCH3 is 1. The maximum atomic E-state index is 12.2. The molecule has 1 aliphatic rings. The second kappa shape index (κ2) is 6.55. The minimum Gasteiger partial charge on any atom is -0.466 e. The topological polar surface area (TPSA) is 85.3 Å². The number of allylic oxidation sites excluding steroid dienone is 2. The van der Waals surface area contributed by atoms with Crippen LogP contribution in [-0.4, -0.2) is 13.1 Å². The summed E-state index contributed by atoms with van der Waals surface area (Å²) >= 11 is 5.04. The molecule has 1 aromatic rings. The van der Waals surface area contributed by atoms with Gasteiger partial charge in [0, 0.05) is 14.2 Å². The van der Waals surface area contributed by atoms with Gasteiger partial charge < -0.3 is 15.2 Å². The first kappa shape index (κ1) is 16.6. The summed E-state index contributed by atoms with van der Waals surface area (Å²) in [4.78, 5) is 14.1. The van der Waals surface area contributed by atoms with E-state index in [2.05, 4.69) is 22.0 Å². The van der Waals surface area contributed by atoms with Gasteiger partial charge in [0.2, 0.25) is 5.88 Å². The summed E-state index contributed by atoms with van der Waals surface area (Å²) in [5.41, 5.74) is 6.36. The van der Waals surface area contributed by atoms with Crippen LogP contribution in [0.2, 0.25) is 0 Å². The van der Waals surface area contributed by atoms with Crippen LogP contribution >= 0.6 is 27.3 Å². The Hall–Kier alpha value is -1.78. The maximum Gasteiger partial charge on any atom is 0.338 e. The number of nitrogens with two attached hydrogens (primary N) is 1. The number of carbonyl (C=O) groups is 1. The molecule has 7 heteroatoms. The van der Waals surface area contributed by atoms with Gasteiger partial charge in [0.15, 0.2) is 0 Å². The van der Waals surface area contributed by atoms with E-state index in [1.54, 1.807) is 6.92 Å². The monoisotopic (exact) mass is 382 g/mol. The number of nitrogens with zero attached hydrogens (tertiary/aromatic N) is 1. The minimum atomic E-state index is -0.562. The molecule has 0 fully saturated rings. The van der Waals surface area contributed by atoms with Crippen molar-refractivity contribution in [1.82, 2.24) is 0 Å². The molecule has 2 heterocycles. The Morgan fingerprint density at radius 3 is 2.82 bits per heavy atom. The smallest absolute Gasteiger partial charge is 0.338 e. The van der Waals surface area contributed by atoms with Gasteiger partial charge in [-0.3, -0.25) is 0 Å². The van der Waals surface area contributed by atoms with E-state index in [1.807, 2.05) is 13.0 Å².